The number of phenolic OH excluding ortho intramolecular Hbond substituents is 2. The molecule has 0 bridgehead atoms. The lowest BCUT2D eigenvalue weighted by Gasteiger charge is -2.15. The van der Waals surface area contributed by atoms with Crippen molar-refractivity contribution in [3.63, 3.8) is 0 Å². The lowest BCUT2D eigenvalue weighted by molar-refractivity contribution is 0.196. The predicted molar refractivity (Wildman–Crippen MR) is 58.1 cm³/mol. The molecule has 4 heteroatoms. The van der Waals surface area contributed by atoms with Crippen LogP contribution in [0.3, 0.4) is 0 Å². The molecular weight excluding hydrogens is 194 g/mol. The minimum absolute atomic E-state index is 0.0211. The molecule has 0 saturated carbocycles. The van der Waals surface area contributed by atoms with E-state index in [1.54, 1.807) is 13.2 Å². The van der Waals surface area contributed by atoms with Crippen LogP contribution < -0.4 is 5.32 Å². The fraction of sp³-hybridized carbons (Fsp3) is 0.455. The number of aromatic hydroxyl groups is 2. The molecule has 3 N–H and O–H groups in total. The normalized spacial score (nSPS) is 12.7. The maximum absolute atomic E-state index is 9.58. The highest BCUT2D eigenvalue weighted by atomic mass is 16.5. The Labute approximate surface area is 89.5 Å². The molecule has 0 aliphatic carbocycles. The monoisotopic (exact) mass is 211 g/mol. The Bertz CT molecular complexity index is 315. The zero-order valence-electron chi connectivity index (χ0n) is 9.03. The van der Waals surface area contributed by atoms with Crippen molar-refractivity contribution < 1.29 is 14.9 Å². The summed E-state index contributed by atoms with van der Waals surface area (Å²) in [6, 6.07) is 4.48. The highest BCUT2D eigenvalue weighted by Gasteiger charge is 2.10. The predicted octanol–water partition coefficient (Wildman–Crippen LogP) is 1.39. The summed E-state index contributed by atoms with van der Waals surface area (Å²) in [4.78, 5) is 0. The number of rotatable bonds is 5. The second-order valence-electron chi connectivity index (χ2n) is 3.41. The molecule has 0 saturated heterocycles. The van der Waals surface area contributed by atoms with Crippen LogP contribution in [0.2, 0.25) is 0 Å². The van der Waals surface area contributed by atoms with Gasteiger partial charge in [-0.3, -0.25) is 0 Å². The highest BCUT2D eigenvalue weighted by molar-refractivity contribution is 5.40. The summed E-state index contributed by atoms with van der Waals surface area (Å²) in [5.41, 5.74) is 0.686. The first-order valence-corrected chi connectivity index (χ1v) is 4.89. The van der Waals surface area contributed by atoms with E-state index >= 15 is 0 Å². The van der Waals surface area contributed by atoms with E-state index in [1.807, 2.05) is 6.92 Å². The molecule has 0 aliphatic heterocycles. The van der Waals surface area contributed by atoms with Gasteiger partial charge in [-0.05, 0) is 25.1 Å². The minimum Gasteiger partial charge on any atom is -0.508 e. The first kappa shape index (κ1) is 11.8. The van der Waals surface area contributed by atoms with Gasteiger partial charge in [0.05, 0.1) is 6.61 Å². The molecule has 15 heavy (non-hydrogen) atoms. The molecule has 1 atom stereocenters. The van der Waals surface area contributed by atoms with Gasteiger partial charge >= 0.3 is 0 Å². The van der Waals surface area contributed by atoms with Crippen LogP contribution in [0.4, 0.5) is 0 Å². The van der Waals surface area contributed by atoms with Crippen LogP contribution in [-0.2, 0) is 4.74 Å². The second-order valence-corrected chi connectivity index (χ2v) is 3.41. The van der Waals surface area contributed by atoms with E-state index in [4.69, 9.17) is 4.74 Å². The molecule has 0 radical (unpaired) electrons. The van der Waals surface area contributed by atoms with Crippen molar-refractivity contribution in [2.24, 2.45) is 0 Å². The fourth-order valence-electron chi connectivity index (χ4n) is 1.38. The molecule has 0 fully saturated rings. The average molecular weight is 211 g/mol. The van der Waals surface area contributed by atoms with Gasteiger partial charge in [-0.2, -0.15) is 0 Å². The molecule has 0 aromatic heterocycles. The maximum Gasteiger partial charge on any atom is 0.120 e. The van der Waals surface area contributed by atoms with E-state index in [1.165, 1.54) is 12.1 Å². The first-order valence-electron chi connectivity index (χ1n) is 4.89. The summed E-state index contributed by atoms with van der Waals surface area (Å²) >= 11 is 0. The van der Waals surface area contributed by atoms with E-state index in [0.29, 0.717) is 18.7 Å². The molecule has 1 aromatic carbocycles. The molecule has 84 valence electrons. The molecule has 0 spiro atoms. The standard InChI is InChI=1S/C11H17NO3/c1-8(12-5-6-15-2)10-7-9(13)3-4-11(10)14/h3-4,7-8,12-14H,5-6H2,1-2H3. The van der Waals surface area contributed by atoms with Gasteiger partial charge in [0, 0.05) is 25.3 Å². The number of nitrogens with one attached hydrogen (secondary N) is 1. The van der Waals surface area contributed by atoms with Crippen molar-refractivity contribution in [3.05, 3.63) is 23.8 Å². The lowest BCUT2D eigenvalue weighted by atomic mass is 10.1. The van der Waals surface area contributed by atoms with Gasteiger partial charge in [-0.15, -0.1) is 0 Å². The average Bonchev–Trinajstić information content (AvgIpc) is 2.22. The maximum atomic E-state index is 9.58. The van der Waals surface area contributed by atoms with Gasteiger partial charge in [0.1, 0.15) is 11.5 Å². The van der Waals surface area contributed by atoms with Gasteiger partial charge in [0.25, 0.3) is 0 Å². The highest BCUT2D eigenvalue weighted by Crippen LogP contribution is 2.27. The number of ether oxygens (including phenoxy) is 1. The van der Waals surface area contributed by atoms with Crippen LogP contribution in [0.15, 0.2) is 18.2 Å². The molecule has 0 heterocycles. The Hall–Kier alpha value is -1.26. The largest absolute Gasteiger partial charge is 0.508 e. The number of hydrogen-bond donors (Lipinski definition) is 3. The number of hydrogen-bond acceptors (Lipinski definition) is 4. The Kier molecular flexibility index (Phi) is 4.39. The van der Waals surface area contributed by atoms with E-state index in [0.717, 1.165) is 0 Å². The summed E-state index contributed by atoms with van der Waals surface area (Å²) < 4.78 is 4.91. The van der Waals surface area contributed by atoms with E-state index < -0.39 is 0 Å². The first-order chi connectivity index (χ1) is 7.15. The van der Waals surface area contributed by atoms with E-state index in [9.17, 15) is 10.2 Å². The van der Waals surface area contributed by atoms with E-state index in [2.05, 4.69) is 5.32 Å². The van der Waals surface area contributed by atoms with Crippen molar-refractivity contribution in [2.45, 2.75) is 13.0 Å². The minimum atomic E-state index is -0.0211. The third-order valence-electron chi connectivity index (χ3n) is 2.23. The third-order valence-corrected chi connectivity index (χ3v) is 2.23. The summed E-state index contributed by atoms with van der Waals surface area (Å²) in [7, 11) is 1.64. The van der Waals surface area contributed by atoms with Crippen molar-refractivity contribution in [2.75, 3.05) is 20.3 Å². The Morgan fingerprint density at radius 2 is 2.13 bits per heavy atom. The van der Waals surface area contributed by atoms with Gasteiger partial charge in [-0.25, -0.2) is 0 Å². The van der Waals surface area contributed by atoms with Crippen LogP contribution in [-0.4, -0.2) is 30.5 Å². The fourth-order valence-corrected chi connectivity index (χ4v) is 1.38. The smallest absolute Gasteiger partial charge is 0.120 e. The van der Waals surface area contributed by atoms with Crippen molar-refractivity contribution >= 4 is 0 Å². The molecule has 1 aromatic rings. The summed E-state index contributed by atoms with van der Waals surface area (Å²) in [5.74, 6) is 0.341. The zero-order chi connectivity index (χ0) is 11.3. The molecule has 0 amide bonds. The van der Waals surface area contributed by atoms with Crippen LogP contribution in [0.5, 0.6) is 11.5 Å². The molecule has 4 nitrogen and oxygen atoms in total. The van der Waals surface area contributed by atoms with Gasteiger partial charge in [-0.1, -0.05) is 0 Å². The summed E-state index contributed by atoms with van der Waals surface area (Å²) in [6.45, 7) is 3.24. The van der Waals surface area contributed by atoms with Crippen LogP contribution in [0.25, 0.3) is 0 Å². The Balaban J connectivity index is 2.64. The Morgan fingerprint density at radius 3 is 2.80 bits per heavy atom. The second kappa shape index (κ2) is 5.58. The number of benzene rings is 1. The SMILES string of the molecule is COCCNC(C)c1cc(O)ccc1O. The summed E-state index contributed by atoms with van der Waals surface area (Å²) in [6.07, 6.45) is 0. The third kappa shape index (κ3) is 3.42. The van der Waals surface area contributed by atoms with Crippen molar-refractivity contribution in [3.8, 4) is 11.5 Å². The Morgan fingerprint density at radius 1 is 1.40 bits per heavy atom. The van der Waals surface area contributed by atoms with Crippen LogP contribution in [0, 0.1) is 0 Å². The summed E-state index contributed by atoms with van der Waals surface area (Å²) in [5, 5.41) is 22.0. The van der Waals surface area contributed by atoms with E-state index in [-0.39, 0.29) is 17.5 Å². The van der Waals surface area contributed by atoms with Gasteiger partial charge in [0.15, 0.2) is 0 Å². The van der Waals surface area contributed by atoms with Crippen molar-refractivity contribution in [1.82, 2.24) is 5.32 Å². The lowest BCUT2D eigenvalue weighted by Crippen LogP contribution is -2.22. The van der Waals surface area contributed by atoms with Gasteiger partial charge in [0.2, 0.25) is 0 Å². The van der Waals surface area contributed by atoms with Crippen LogP contribution in [0.1, 0.15) is 18.5 Å². The molecule has 1 unspecified atom stereocenters. The topological polar surface area (TPSA) is 61.7 Å². The molecular formula is C11H17NO3. The quantitative estimate of drug-likeness (QED) is 0.509. The molecule has 0 aliphatic rings. The van der Waals surface area contributed by atoms with Gasteiger partial charge < -0.3 is 20.3 Å². The van der Waals surface area contributed by atoms with Crippen molar-refractivity contribution in [1.29, 1.82) is 0 Å². The van der Waals surface area contributed by atoms with Crippen LogP contribution >= 0.6 is 0 Å². The molecule has 1 rings (SSSR count). The zero-order valence-corrected chi connectivity index (χ0v) is 9.03. The number of methoxy groups -OCH3 is 1. The number of phenols is 2.